The summed E-state index contributed by atoms with van der Waals surface area (Å²) in [7, 11) is 3.71. The number of para-hydroxylation sites is 3. The molecule has 0 saturated heterocycles. The molecule has 2 aromatic rings. The maximum atomic E-state index is 12.3. The van der Waals surface area contributed by atoms with Crippen LogP contribution in [0.3, 0.4) is 0 Å². The van der Waals surface area contributed by atoms with Gasteiger partial charge in [0, 0.05) is 20.2 Å². The molecule has 0 fully saturated rings. The van der Waals surface area contributed by atoms with Crippen molar-refractivity contribution < 1.29 is 9.72 Å². The van der Waals surface area contributed by atoms with Crippen LogP contribution in [0.4, 0.5) is 17.1 Å². The molecule has 0 aliphatic carbocycles. The van der Waals surface area contributed by atoms with Crippen molar-refractivity contribution >= 4 is 23.0 Å². The van der Waals surface area contributed by atoms with Gasteiger partial charge in [0.05, 0.1) is 16.3 Å². The number of nitrogens with one attached hydrogen (secondary N) is 1. The maximum Gasteiger partial charge on any atom is 0.282 e. The first-order valence-electron chi connectivity index (χ1n) is 6.32. The van der Waals surface area contributed by atoms with Crippen LogP contribution >= 0.6 is 0 Å². The highest BCUT2D eigenvalue weighted by atomic mass is 16.6. The molecule has 6 heteroatoms. The summed E-state index contributed by atoms with van der Waals surface area (Å²) in [6.45, 7) is 0. The van der Waals surface area contributed by atoms with E-state index in [2.05, 4.69) is 5.32 Å². The topological polar surface area (TPSA) is 75.5 Å². The lowest BCUT2D eigenvalue weighted by atomic mass is 10.1. The average Bonchev–Trinajstić information content (AvgIpc) is 2.47. The quantitative estimate of drug-likeness (QED) is 0.692. The largest absolute Gasteiger partial charge is 0.376 e. The van der Waals surface area contributed by atoms with E-state index in [-0.39, 0.29) is 11.3 Å². The Hall–Kier alpha value is -2.89. The van der Waals surface area contributed by atoms with E-state index in [1.165, 1.54) is 18.2 Å². The summed E-state index contributed by atoms with van der Waals surface area (Å²) in [6, 6.07) is 13.1. The predicted octanol–water partition coefficient (Wildman–Crippen LogP) is 2.91. The molecule has 0 bridgehead atoms. The van der Waals surface area contributed by atoms with Gasteiger partial charge in [0.25, 0.3) is 11.6 Å². The molecular weight excluding hydrogens is 270 g/mol. The standard InChI is InChI=1S/C15H15N3O3/c1-17(2)14-10-6-4-8-12(14)16-15(19)11-7-3-5-9-13(11)18(20)21/h3-10H,1-2H3,(H,16,19). The third-order valence-electron chi connectivity index (χ3n) is 2.98. The molecule has 0 saturated carbocycles. The van der Waals surface area contributed by atoms with Crippen LogP contribution in [0.2, 0.25) is 0 Å². The fourth-order valence-corrected chi connectivity index (χ4v) is 1.98. The summed E-state index contributed by atoms with van der Waals surface area (Å²) in [5, 5.41) is 13.7. The van der Waals surface area contributed by atoms with Gasteiger partial charge >= 0.3 is 0 Å². The number of nitro groups is 1. The SMILES string of the molecule is CN(C)c1ccccc1NC(=O)c1ccccc1[N+](=O)[O-]. The lowest BCUT2D eigenvalue weighted by Crippen LogP contribution is -2.17. The Morgan fingerprint density at radius 1 is 1.10 bits per heavy atom. The Kier molecular flexibility index (Phi) is 4.18. The summed E-state index contributed by atoms with van der Waals surface area (Å²) >= 11 is 0. The zero-order valence-corrected chi connectivity index (χ0v) is 11.7. The Balaban J connectivity index is 2.33. The van der Waals surface area contributed by atoms with Gasteiger partial charge in [0.15, 0.2) is 0 Å². The second kappa shape index (κ2) is 6.04. The van der Waals surface area contributed by atoms with E-state index in [1.54, 1.807) is 18.2 Å². The number of hydrogen-bond acceptors (Lipinski definition) is 4. The van der Waals surface area contributed by atoms with Crippen molar-refractivity contribution in [3.8, 4) is 0 Å². The van der Waals surface area contributed by atoms with Gasteiger partial charge in [0.2, 0.25) is 0 Å². The van der Waals surface area contributed by atoms with E-state index >= 15 is 0 Å². The highest BCUT2D eigenvalue weighted by Crippen LogP contribution is 2.25. The van der Waals surface area contributed by atoms with Crippen molar-refractivity contribution in [2.45, 2.75) is 0 Å². The molecule has 0 unspecified atom stereocenters. The number of amides is 1. The van der Waals surface area contributed by atoms with Gasteiger partial charge in [0.1, 0.15) is 5.56 Å². The van der Waals surface area contributed by atoms with Gasteiger partial charge in [-0.05, 0) is 18.2 Å². The summed E-state index contributed by atoms with van der Waals surface area (Å²) in [5.41, 5.74) is 1.25. The molecule has 2 rings (SSSR count). The van der Waals surface area contributed by atoms with E-state index in [0.717, 1.165) is 5.69 Å². The fourth-order valence-electron chi connectivity index (χ4n) is 1.98. The second-order valence-corrected chi connectivity index (χ2v) is 4.64. The average molecular weight is 285 g/mol. The molecule has 21 heavy (non-hydrogen) atoms. The summed E-state index contributed by atoms with van der Waals surface area (Å²) in [6.07, 6.45) is 0. The minimum Gasteiger partial charge on any atom is -0.376 e. The summed E-state index contributed by atoms with van der Waals surface area (Å²) in [5.74, 6) is -0.503. The monoisotopic (exact) mass is 285 g/mol. The Morgan fingerprint density at radius 2 is 1.71 bits per heavy atom. The van der Waals surface area contributed by atoms with Crippen molar-refractivity contribution in [1.29, 1.82) is 0 Å². The first-order valence-corrected chi connectivity index (χ1v) is 6.32. The van der Waals surface area contributed by atoms with E-state index in [1.807, 2.05) is 31.1 Å². The van der Waals surface area contributed by atoms with Gasteiger partial charge in [-0.1, -0.05) is 24.3 Å². The predicted molar refractivity (Wildman–Crippen MR) is 81.8 cm³/mol. The first kappa shape index (κ1) is 14.5. The molecule has 6 nitrogen and oxygen atoms in total. The molecule has 0 aliphatic heterocycles. The molecule has 0 aromatic heterocycles. The number of anilines is 2. The molecule has 0 heterocycles. The van der Waals surface area contributed by atoms with Gasteiger partial charge in [-0.15, -0.1) is 0 Å². The van der Waals surface area contributed by atoms with Crippen LogP contribution in [0.15, 0.2) is 48.5 Å². The van der Waals surface area contributed by atoms with Crippen molar-refractivity contribution in [3.05, 3.63) is 64.2 Å². The van der Waals surface area contributed by atoms with E-state index in [9.17, 15) is 14.9 Å². The van der Waals surface area contributed by atoms with Crippen molar-refractivity contribution in [2.75, 3.05) is 24.3 Å². The van der Waals surface area contributed by atoms with Crippen molar-refractivity contribution in [1.82, 2.24) is 0 Å². The van der Waals surface area contributed by atoms with E-state index in [0.29, 0.717) is 5.69 Å². The lowest BCUT2D eigenvalue weighted by molar-refractivity contribution is -0.385. The Bertz CT molecular complexity index is 683. The highest BCUT2D eigenvalue weighted by molar-refractivity contribution is 6.08. The molecule has 0 aliphatic rings. The number of hydrogen-bond donors (Lipinski definition) is 1. The normalized spacial score (nSPS) is 10.0. The van der Waals surface area contributed by atoms with Crippen LogP contribution in [0.5, 0.6) is 0 Å². The number of carbonyl (C=O) groups excluding carboxylic acids is 1. The molecule has 0 spiro atoms. The van der Waals surface area contributed by atoms with Crippen molar-refractivity contribution in [2.24, 2.45) is 0 Å². The van der Waals surface area contributed by atoms with Crippen LogP contribution in [0, 0.1) is 10.1 Å². The highest BCUT2D eigenvalue weighted by Gasteiger charge is 2.20. The van der Waals surface area contributed by atoms with E-state index in [4.69, 9.17) is 0 Å². The van der Waals surface area contributed by atoms with E-state index < -0.39 is 10.8 Å². The van der Waals surface area contributed by atoms with Crippen molar-refractivity contribution in [3.63, 3.8) is 0 Å². The minimum absolute atomic E-state index is 0.0380. The smallest absolute Gasteiger partial charge is 0.282 e. The maximum absolute atomic E-state index is 12.3. The van der Waals surface area contributed by atoms with Crippen LogP contribution in [-0.2, 0) is 0 Å². The van der Waals surface area contributed by atoms with Gasteiger partial charge in [-0.25, -0.2) is 0 Å². The lowest BCUT2D eigenvalue weighted by Gasteiger charge is -2.17. The molecule has 1 amide bonds. The molecule has 1 N–H and O–H groups in total. The number of rotatable bonds is 4. The van der Waals surface area contributed by atoms with Crippen LogP contribution < -0.4 is 10.2 Å². The fraction of sp³-hybridized carbons (Fsp3) is 0.133. The third kappa shape index (κ3) is 3.17. The third-order valence-corrected chi connectivity index (χ3v) is 2.98. The first-order chi connectivity index (χ1) is 10.0. The van der Waals surface area contributed by atoms with Crippen LogP contribution in [-0.4, -0.2) is 24.9 Å². The Morgan fingerprint density at radius 3 is 2.38 bits per heavy atom. The molecule has 0 atom stereocenters. The van der Waals surface area contributed by atoms with Gasteiger partial charge in [-0.2, -0.15) is 0 Å². The number of benzene rings is 2. The minimum atomic E-state index is -0.563. The molecular formula is C15H15N3O3. The summed E-state index contributed by atoms with van der Waals surface area (Å²) < 4.78 is 0. The second-order valence-electron chi connectivity index (χ2n) is 4.64. The number of carbonyl (C=O) groups is 1. The molecule has 0 radical (unpaired) electrons. The molecule has 2 aromatic carbocycles. The van der Waals surface area contributed by atoms with Crippen LogP contribution in [0.1, 0.15) is 10.4 Å². The Labute approximate surface area is 122 Å². The zero-order valence-electron chi connectivity index (χ0n) is 11.7. The van der Waals surface area contributed by atoms with Gasteiger partial charge in [-0.3, -0.25) is 14.9 Å². The van der Waals surface area contributed by atoms with Gasteiger partial charge < -0.3 is 10.2 Å². The molecule has 108 valence electrons. The number of nitrogens with zero attached hydrogens (tertiary/aromatic N) is 2. The van der Waals surface area contributed by atoms with Crippen LogP contribution in [0.25, 0.3) is 0 Å². The zero-order chi connectivity index (χ0) is 15.4. The summed E-state index contributed by atoms with van der Waals surface area (Å²) in [4.78, 5) is 24.5. The number of nitro benzene ring substituents is 1.